The van der Waals surface area contributed by atoms with Gasteiger partial charge in [-0.3, -0.25) is 9.59 Å². The largest absolute Gasteiger partial charge is 0.457 e. The molecule has 3 rings (SSSR count). The number of hydrogen-bond donors (Lipinski definition) is 2. The first-order chi connectivity index (χ1) is 13.5. The van der Waals surface area contributed by atoms with Gasteiger partial charge in [-0.2, -0.15) is 0 Å². The molecule has 2 N–H and O–H groups in total. The summed E-state index contributed by atoms with van der Waals surface area (Å²) in [5, 5.41) is 5.06. The average molecular weight is 379 g/mol. The SMILES string of the molecule is CC(=O)NCC(=O)Nc1cccc(-c2ccc(Oc3ccc(F)cc3)cc2)n1. The molecule has 0 radical (unpaired) electrons. The van der Waals surface area contributed by atoms with Crippen molar-refractivity contribution in [2.45, 2.75) is 6.92 Å². The second-order valence-corrected chi connectivity index (χ2v) is 5.95. The fourth-order valence-electron chi connectivity index (χ4n) is 2.39. The van der Waals surface area contributed by atoms with Gasteiger partial charge in [-0.1, -0.05) is 6.07 Å². The fraction of sp³-hybridized carbons (Fsp3) is 0.0952. The Bertz CT molecular complexity index is 973. The van der Waals surface area contributed by atoms with Crippen LogP contribution in [0.3, 0.4) is 0 Å². The summed E-state index contributed by atoms with van der Waals surface area (Å²) in [5.74, 6) is 0.575. The summed E-state index contributed by atoms with van der Waals surface area (Å²) in [4.78, 5) is 27.1. The predicted molar refractivity (Wildman–Crippen MR) is 103 cm³/mol. The number of pyridine rings is 1. The van der Waals surface area contributed by atoms with Crippen molar-refractivity contribution in [2.24, 2.45) is 0 Å². The molecule has 0 saturated carbocycles. The number of anilines is 1. The number of amides is 2. The molecule has 0 spiro atoms. The van der Waals surface area contributed by atoms with Gasteiger partial charge in [0.1, 0.15) is 23.1 Å². The summed E-state index contributed by atoms with van der Waals surface area (Å²) < 4.78 is 18.6. The highest BCUT2D eigenvalue weighted by Crippen LogP contribution is 2.25. The molecule has 0 atom stereocenters. The normalized spacial score (nSPS) is 10.2. The smallest absolute Gasteiger partial charge is 0.244 e. The van der Waals surface area contributed by atoms with E-state index in [1.165, 1.54) is 19.1 Å². The van der Waals surface area contributed by atoms with Gasteiger partial charge in [0.2, 0.25) is 11.8 Å². The zero-order chi connectivity index (χ0) is 19.9. The third-order valence-electron chi connectivity index (χ3n) is 3.71. The Kier molecular flexibility index (Phi) is 5.96. The third-order valence-corrected chi connectivity index (χ3v) is 3.71. The molecule has 2 aromatic carbocycles. The van der Waals surface area contributed by atoms with E-state index in [4.69, 9.17) is 4.74 Å². The molecule has 0 unspecified atom stereocenters. The van der Waals surface area contributed by atoms with Crippen LogP contribution in [-0.4, -0.2) is 23.3 Å². The number of nitrogens with one attached hydrogen (secondary N) is 2. The van der Waals surface area contributed by atoms with Crippen LogP contribution in [-0.2, 0) is 9.59 Å². The van der Waals surface area contributed by atoms with Gasteiger partial charge in [0.05, 0.1) is 12.2 Å². The van der Waals surface area contributed by atoms with Crippen molar-refractivity contribution in [1.82, 2.24) is 10.3 Å². The fourth-order valence-corrected chi connectivity index (χ4v) is 2.39. The van der Waals surface area contributed by atoms with Crippen LogP contribution in [0.1, 0.15) is 6.92 Å². The zero-order valence-corrected chi connectivity index (χ0v) is 15.1. The summed E-state index contributed by atoms with van der Waals surface area (Å²) in [6.45, 7) is 1.23. The molecule has 0 bridgehead atoms. The number of carbonyl (C=O) groups excluding carboxylic acids is 2. The summed E-state index contributed by atoms with van der Waals surface area (Å²) in [5.41, 5.74) is 1.51. The molecule has 1 heterocycles. The molecule has 0 aliphatic heterocycles. The second kappa shape index (κ2) is 8.77. The molecule has 28 heavy (non-hydrogen) atoms. The molecule has 0 aliphatic carbocycles. The van der Waals surface area contributed by atoms with Crippen LogP contribution in [0.2, 0.25) is 0 Å². The van der Waals surface area contributed by atoms with E-state index in [1.54, 1.807) is 36.4 Å². The quantitative estimate of drug-likeness (QED) is 0.683. The van der Waals surface area contributed by atoms with Crippen molar-refractivity contribution in [3.8, 4) is 22.8 Å². The molecule has 0 saturated heterocycles. The number of nitrogens with zero attached hydrogens (tertiary/aromatic N) is 1. The molecule has 3 aromatic rings. The summed E-state index contributed by atoms with van der Waals surface area (Å²) in [7, 11) is 0. The average Bonchev–Trinajstić information content (AvgIpc) is 2.69. The number of rotatable bonds is 6. The van der Waals surface area contributed by atoms with Gasteiger partial charge in [0.25, 0.3) is 0 Å². The Morgan fingerprint density at radius 2 is 1.61 bits per heavy atom. The first-order valence-electron chi connectivity index (χ1n) is 8.55. The van der Waals surface area contributed by atoms with E-state index in [0.717, 1.165) is 5.56 Å². The highest BCUT2D eigenvalue weighted by atomic mass is 19.1. The summed E-state index contributed by atoms with van der Waals surface area (Å²) >= 11 is 0. The molecule has 0 aliphatic rings. The van der Waals surface area contributed by atoms with Crippen LogP contribution in [0, 0.1) is 5.82 Å². The van der Waals surface area contributed by atoms with Crippen molar-refractivity contribution >= 4 is 17.6 Å². The molecule has 1 aromatic heterocycles. The third kappa shape index (κ3) is 5.38. The maximum absolute atomic E-state index is 12.9. The van der Waals surface area contributed by atoms with E-state index < -0.39 is 0 Å². The summed E-state index contributed by atoms with van der Waals surface area (Å²) in [6.07, 6.45) is 0. The highest BCUT2D eigenvalue weighted by Gasteiger charge is 2.06. The highest BCUT2D eigenvalue weighted by molar-refractivity contribution is 5.93. The number of hydrogen-bond acceptors (Lipinski definition) is 4. The van der Waals surface area contributed by atoms with Gasteiger partial charge in [0, 0.05) is 12.5 Å². The van der Waals surface area contributed by atoms with Crippen LogP contribution in [0.15, 0.2) is 66.7 Å². The number of ether oxygens (including phenoxy) is 1. The van der Waals surface area contributed by atoms with Gasteiger partial charge < -0.3 is 15.4 Å². The van der Waals surface area contributed by atoms with Gasteiger partial charge in [0.15, 0.2) is 0 Å². The standard InChI is InChI=1S/C21H18FN3O3/c1-14(26)23-13-21(27)25-20-4-2-3-19(24-20)15-5-9-17(10-6-15)28-18-11-7-16(22)8-12-18/h2-12H,13H2,1H3,(H,23,26)(H,24,25,27). The molecule has 6 nitrogen and oxygen atoms in total. The minimum atomic E-state index is -0.358. The lowest BCUT2D eigenvalue weighted by molar-refractivity contribution is -0.122. The molecule has 0 fully saturated rings. The minimum Gasteiger partial charge on any atom is -0.457 e. The Labute approximate surface area is 161 Å². The minimum absolute atomic E-state index is 0.114. The Morgan fingerprint density at radius 1 is 0.964 bits per heavy atom. The molecular weight excluding hydrogens is 361 g/mol. The van der Waals surface area contributed by atoms with Gasteiger partial charge in [-0.25, -0.2) is 9.37 Å². The van der Waals surface area contributed by atoms with E-state index in [-0.39, 0.29) is 24.2 Å². The van der Waals surface area contributed by atoms with E-state index in [0.29, 0.717) is 23.0 Å². The lowest BCUT2D eigenvalue weighted by atomic mass is 10.1. The summed E-state index contributed by atoms with van der Waals surface area (Å²) in [6, 6.07) is 18.3. The maximum Gasteiger partial charge on any atom is 0.244 e. The zero-order valence-electron chi connectivity index (χ0n) is 15.1. The van der Waals surface area contributed by atoms with E-state index in [9.17, 15) is 14.0 Å². The van der Waals surface area contributed by atoms with E-state index in [2.05, 4.69) is 15.6 Å². The topological polar surface area (TPSA) is 80.3 Å². The lowest BCUT2D eigenvalue weighted by Crippen LogP contribution is -2.31. The van der Waals surface area contributed by atoms with Crippen LogP contribution in [0.5, 0.6) is 11.5 Å². The van der Waals surface area contributed by atoms with E-state index in [1.807, 2.05) is 18.2 Å². The number of halogens is 1. The van der Waals surface area contributed by atoms with E-state index >= 15 is 0 Å². The number of carbonyl (C=O) groups is 2. The van der Waals surface area contributed by atoms with Crippen molar-refractivity contribution in [2.75, 3.05) is 11.9 Å². The van der Waals surface area contributed by atoms with Gasteiger partial charge >= 0.3 is 0 Å². The van der Waals surface area contributed by atoms with Gasteiger partial charge in [-0.05, 0) is 60.7 Å². The Balaban J connectivity index is 1.67. The lowest BCUT2D eigenvalue weighted by Gasteiger charge is -2.09. The molecular formula is C21H18FN3O3. The van der Waals surface area contributed by atoms with Crippen molar-refractivity contribution in [3.05, 3.63) is 72.5 Å². The molecule has 7 heteroatoms. The van der Waals surface area contributed by atoms with Crippen molar-refractivity contribution in [1.29, 1.82) is 0 Å². The Morgan fingerprint density at radius 3 is 2.25 bits per heavy atom. The first kappa shape index (κ1) is 19.0. The molecule has 142 valence electrons. The Hall–Kier alpha value is -3.74. The van der Waals surface area contributed by atoms with Crippen molar-refractivity contribution < 1.29 is 18.7 Å². The van der Waals surface area contributed by atoms with Crippen LogP contribution < -0.4 is 15.4 Å². The van der Waals surface area contributed by atoms with Crippen LogP contribution in [0.25, 0.3) is 11.3 Å². The van der Waals surface area contributed by atoms with Crippen molar-refractivity contribution in [3.63, 3.8) is 0 Å². The van der Waals surface area contributed by atoms with Gasteiger partial charge in [-0.15, -0.1) is 0 Å². The number of benzene rings is 2. The van der Waals surface area contributed by atoms with Crippen LogP contribution in [0.4, 0.5) is 10.2 Å². The first-order valence-corrected chi connectivity index (χ1v) is 8.55. The molecule has 2 amide bonds. The second-order valence-electron chi connectivity index (χ2n) is 5.95. The van der Waals surface area contributed by atoms with Crippen LogP contribution >= 0.6 is 0 Å². The monoisotopic (exact) mass is 379 g/mol. The maximum atomic E-state index is 12.9. The number of aromatic nitrogens is 1. The predicted octanol–water partition coefficient (Wildman–Crippen LogP) is 3.75.